The highest BCUT2D eigenvalue weighted by atomic mass is 35.5. The number of carboxylic acids is 1. The SMILES string of the molecule is Cc1c(CC(=O)O)nnn1-c1cc(Cl)c(F)c(Cl)c1. The predicted molar refractivity (Wildman–Crippen MR) is 67.4 cm³/mol. The number of carboxylic acid groups (broad SMARTS) is 1. The van der Waals surface area contributed by atoms with Gasteiger partial charge in [0, 0.05) is 0 Å². The number of rotatable bonds is 3. The van der Waals surface area contributed by atoms with Gasteiger partial charge in [-0.2, -0.15) is 0 Å². The van der Waals surface area contributed by atoms with E-state index in [1.807, 2.05) is 0 Å². The summed E-state index contributed by atoms with van der Waals surface area (Å²) in [5.41, 5.74) is 1.27. The highest BCUT2D eigenvalue weighted by Crippen LogP contribution is 2.27. The first kappa shape index (κ1) is 13.8. The summed E-state index contributed by atoms with van der Waals surface area (Å²) < 4.78 is 14.7. The summed E-state index contributed by atoms with van der Waals surface area (Å²) in [7, 11) is 0. The quantitative estimate of drug-likeness (QED) is 0.885. The lowest BCUT2D eigenvalue weighted by atomic mass is 10.2. The van der Waals surface area contributed by atoms with Gasteiger partial charge in [-0.25, -0.2) is 9.07 Å². The second-order valence-electron chi connectivity index (χ2n) is 3.83. The lowest BCUT2D eigenvalue weighted by Crippen LogP contribution is -2.04. The van der Waals surface area contributed by atoms with E-state index >= 15 is 0 Å². The molecule has 0 aliphatic heterocycles. The number of nitrogens with zero attached hydrogens (tertiary/aromatic N) is 3. The number of hydrogen-bond donors (Lipinski definition) is 1. The molecule has 2 aromatic rings. The van der Waals surface area contributed by atoms with Gasteiger partial charge in [-0.3, -0.25) is 4.79 Å². The van der Waals surface area contributed by atoms with Gasteiger partial charge in [-0.15, -0.1) is 5.10 Å². The van der Waals surface area contributed by atoms with Crippen molar-refractivity contribution in [3.63, 3.8) is 0 Å². The normalized spacial score (nSPS) is 10.7. The van der Waals surface area contributed by atoms with Gasteiger partial charge in [-0.1, -0.05) is 28.4 Å². The lowest BCUT2D eigenvalue weighted by Gasteiger charge is -2.06. The van der Waals surface area contributed by atoms with E-state index in [2.05, 4.69) is 10.3 Å². The third-order valence-electron chi connectivity index (χ3n) is 2.52. The minimum absolute atomic E-state index is 0.141. The molecule has 5 nitrogen and oxygen atoms in total. The van der Waals surface area contributed by atoms with E-state index in [0.29, 0.717) is 17.1 Å². The fraction of sp³-hybridized carbons (Fsp3) is 0.182. The molecular formula is C11H8Cl2FN3O2. The molecule has 0 bridgehead atoms. The molecule has 0 radical (unpaired) electrons. The van der Waals surface area contributed by atoms with Crippen LogP contribution < -0.4 is 0 Å². The van der Waals surface area contributed by atoms with Crippen LogP contribution in [-0.2, 0) is 11.2 Å². The maximum Gasteiger partial charge on any atom is 0.309 e. The van der Waals surface area contributed by atoms with Gasteiger partial charge < -0.3 is 5.11 Å². The molecule has 8 heteroatoms. The number of carbonyl (C=O) groups is 1. The van der Waals surface area contributed by atoms with E-state index in [0.717, 1.165) is 0 Å². The zero-order valence-electron chi connectivity index (χ0n) is 9.69. The Hall–Kier alpha value is -1.66. The highest BCUT2D eigenvalue weighted by molar-refractivity contribution is 6.35. The molecular weight excluding hydrogens is 296 g/mol. The Morgan fingerprint density at radius 1 is 1.42 bits per heavy atom. The van der Waals surface area contributed by atoms with Gasteiger partial charge >= 0.3 is 5.97 Å². The van der Waals surface area contributed by atoms with Crippen molar-refractivity contribution in [2.24, 2.45) is 0 Å². The van der Waals surface area contributed by atoms with Crippen molar-refractivity contribution in [1.82, 2.24) is 15.0 Å². The molecule has 1 heterocycles. The van der Waals surface area contributed by atoms with E-state index in [9.17, 15) is 9.18 Å². The van der Waals surface area contributed by atoms with Crippen molar-refractivity contribution in [2.75, 3.05) is 0 Å². The Morgan fingerprint density at radius 2 is 2.00 bits per heavy atom. The molecule has 0 aliphatic carbocycles. The van der Waals surface area contributed by atoms with Crippen molar-refractivity contribution in [3.8, 4) is 5.69 Å². The second kappa shape index (κ2) is 5.14. The molecule has 0 unspecified atom stereocenters. The largest absolute Gasteiger partial charge is 0.481 e. The van der Waals surface area contributed by atoms with Crippen molar-refractivity contribution in [1.29, 1.82) is 0 Å². The van der Waals surface area contributed by atoms with E-state index in [1.54, 1.807) is 6.92 Å². The smallest absolute Gasteiger partial charge is 0.309 e. The minimum atomic E-state index is -1.01. The Kier molecular flexibility index (Phi) is 3.73. The van der Waals surface area contributed by atoms with Crippen LogP contribution in [-0.4, -0.2) is 26.1 Å². The molecule has 0 aliphatic rings. The standard InChI is InChI=1S/C11H8Cl2FN3O2/c1-5-9(4-10(18)19)15-16-17(5)6-2-7(12)11(14)8(13)3-6/h2-3H,4H2,1H3,(H,18,19). The fourth-order valence-corrected chi connectivity index (χ4v) is 2.05. The molecule has 100 valence electrons. The molecule has 1 aromatic carbocycles. The maximum atomic E-state index is 13.3. The molecule has 0 fully saturated rings. The summed E-state index contributed by atoms with van der Waals surface area (Å²) in [6.45, 7) is 1.66. The van der Waals surface area contributed by atoms with Crippen molar-refractivity contribution >= 4 is 29.2 Å². The van der Waals surface area contributed by atoms with Crippen molar-refractivity contribution in [3.05, 3.63) is 39.4 Å². The highest BCUT2D eigenvalue weighted by Gasteiger charge is 2.15. The van der Waals surface area contributed by atoms with Crippen LogP contribution >= 0.6 is 23.2 Å². The molecule has 2 rings (SSSR count). The summed E-state index contributed by atoms with van der Waals surface area (Å²) in [6.07, 6.45) is -0.242. The van der Waals surface area contributed by atoms with Crippen molar-refractivity contribution in [2.45, 2.75) is 13.3 Å². The Balaban J connectivity index is 2.48. The van der Waals surface area contributed by atoms with Crippen LogP contribution in [0.5, 0.6) is 0 Å². The van der Waals surface area contributed by atoms with Crippen LogP contribution in [0.4, 0.5) is 4.39 Å². The second-order valence-corrected chi connectivity index (χ2v) is 4.64. The fourth-order valence-electron chi connectivity index (χ4n) is 1.58. The van der Waals surface area contributed by atoms with E-state index in [4.69, 9.17) is 28.3 Å². The van der Waals surface area contributed by atoms with Crippen LogP contribution in [0.1, 0.15) is 11.4 Å². The summed E-state index contributed by atoms with van der Waals surface area (Å²) in [5, 5.41) is 16.0. The van der Waals surface area contributed by atoms with Gasteiger partial charge in [0.2, 0.25) is 0 Å². The van der Waals surface area contributed by atoms with E-state index < -0.39 is 11.8 Å². The third kappa shape index (κ3) is 2.69. The van der Waals surface area contributed by atoms with Gasteiger partial charge in [-0.05, 0) is 19.1 Å². The van der Waals surface area contributed by atoms with Gasteiger partial charge in [0.25, 0.3) is 0 Å². The molecule has 1 aromatic heterocycles. The Labute approximate surface area is 117 Å². The number of halogens is 3. The van der Waals surface area contributed by atoms with Crippen LogP contribution in [0.3, 0.4) is 0 Å². The number of benzene rings is 1. The molecule has 0 atom stereocenters. The van der Waals surface area contributed by atoms with Gasteiger partial charge in [0.05, 0.1) is 33.5 Å². The molecule has 1 N–H and O–H groups in total. The number of aromatic nitrogens is 3. The molecule has 19 heavy (non-hydrogen) atoms. The first-order valence-electron chi connectivity index (χ1n) is 5.18. The zero-order valence-corrected chi connectivity index (χ0v) is 11.2. The van der Waals surface area contributed by atoms with Crippen LogP contribution in [0.25, 0.3) is 5.69 Å². The van der Waals surface area contributed by atoms with Gasteiger partial charge in [0.1, 0.15) is 0 Å². The Morgan fingerprint density at radius 3 is 2.53 bits per heavy atom. The first-order chi connectivity index (χ1) is 8.90. The monoisotopic (exact) mass is 303 g/mol. The van der Waals surface area contributed by atoms with Crippen LogP contribution in [0.2, 0.25) is 10.0 Å². The van der Waals surface area contributed by atoms with E-state index in [-0.39, 0.29) is 16.5 Å². The predicted octanol–water partition coefficient (Wildman–Crippen LogP) is 2.65. The molecule has 0 amide bonds. The Bertz CT molecular complexity index is 634. The van der Waals surface area contributed by atoms with Gasteiger partial charge in [0.15, 0.2) is 5.82 Å². The van der Waals surface area contributed by atoms with Crippen LogP contribution in [0, 0.1) is 12.7 Å². The molecule has 0 spiro atoms. The lowest BCUT2D eigenvalue weighted by molar-refractivity contribution is -0.136. The summed E-state index contributed by atoms with van der Waals surface area (Å²) >= 11 is 11.4. The molecule has 0 saturated heterocycles. The van der Waals surface area contributed by atoms with E-state index in [1.165, 1.54) is 16.8 Å². The topological polar surface area (TPSA) is 68.0 Å². The molecule has 0 saturated carbocycles. The summed E-state index contributed by atoms with van der Waals surface area (Å²) in [4.78, 5) is 10.7. The van der Waals surface area contributed by atoms with Crippen molar-refractivity contribution < 1.29 is 14.3 Å². The average Bonchev–Trinajstić information content (AvgIpc) is 2.67. The minimum Gasteiger partial charge on any atom is -0.481 e. The average molecular weight is 304 g/mol. The first-order valence-corrected chi connectivity index (χ1v) is 5.93. The summed E-state index contributed by atoms with van der Waals surface area (Å²) in [5.74, 6) is -1.72. The maximum absolute atomic E-state index is 13.3. The zero-order chi connectivity index (χ0) is 14.2. The number of aliphatic carboxylic acids is 1. The van der Waals surface area contributed by atoms with Crippen LogP contribution in [0.15, 0.2) is 12.1 Å². The summed E-state index contributed by atoms with van der Waals surface area (Å²) in [6, 6.07) is 2.68. The number of hydrogen-bond acceptors (Lipinski definition) is 3. The third-order valence-corrected chi connectivity index (χ3v) is 3.07.